The average Bonchev–Trinajstić information content (AvgIpc) is 2.64. The number of hydrogen-bond donors (Lipinski definition) is 1. The summed E-state index contributed by atoms with van der Waals surface area (Å²) < 4.78 is 34.5. The van der Waals surface area contributed by atoms with Gasteiger partial charge in [-0.25, -0.2) is 4.79 Å². The molecule has 0 saturated carbocycles. The molecule has 0 radical (unpaired) electrons. The van der Waals surface area contributed by atoms with Gasteiger partial charge in [0, 0.05) is 45.3 Å². The number of guanidine groups is 1. The van der Waals surface area contributed by atoms with Gasteiger partial charge in [-0.1, -0.05) is 18.2 Å². The number of amides is 1. The zero-order valence-corrected chi connectivity index (χ0v) is 17.7. The van der Waals surface area contributed by atoms with E-state index < -0.39 is 6.61 Å². The van der Waals surface area contributed by atoms with Crippen LogP contribution in [0.15, 0.2) is 29.3 Å². The molecule has 7 nitrogen and oxygen atoms in total. The molecule has 1 aliphatic heterocycles. The van der Waals surface area contributed by atoms with Gasteiger partial charge < -0.3 is 24.6 Å². The number of halogens is 3. The maximum Gasteiger partial charge on any atom is 0.409 e. The molecule has 0 unspecified atom stereocenters. The normalized spacial score (nSPS) is 14.6. The molecule has 1 aromatic rings. The number of piperazine rings is 1. The fraction of sp³-hybridized carbons (Fsp3) is 0.529. The molecule has 1 amide bonds. The second kappa shape index (κ2) is 11.8. The van der Waals surface area contributed by atoms with Crippen LogP contribution in [-0.4, -0.2) is 68.3 Å². The fourth-order valence-corrected chi connectivity index (χ4v) is 2.68. The molecule has 1 heterocycles. The average molecular weight is 498 g/mol. The monoisotopic (exact) mass is 498 g/mol. The Kier molecular flexibility index (Phi) is 10.1. The Hall–Kier alpha value is -1.85. The first-order valence-electron chi connectivity index (χ1n) is 8.45. The van der Waals surface area contributed by atoms with E-state index in [2.05, 4.69) is 15.0 Å². The van der Waals surface area contributed by atoms with Crippen LogP contribution < -0.4 is 10.1 Å². The van der Waals surface area contributed by atoms with Gasteiger partial charge in [0.05, 0.1) is 6.61 Å². The first kappa shape index (κ1) is 23.2. The summed E-state index contributed by atoms with van der Waals surface area (Å²) in [6.45, 7) is 1.83. The van der Waals surface area contributed by atoms with Crippen molar-refractivity contribution in [2.75, 3.05) is 39.8 Å². The number of aliphatic imine (C=N–C) groups is 1. The minimum atomic E-state index is -2.87. The van der Waals surface area contributed by atoms with Gasteiger partial charge in [-0.2, -0.15) is 8.78 Å². The summed E-state index contributed by atoms with van der Waals surface area (Å²) in [7, 11) is 1.65. The van der Waals surface area contributed by atoms with Crippen LogP contribution in [0.2, 0.25) is 0 Å². The van der Waals surface area contributed by atoms with E-state index in [4.69, 9.17) is 4.74 Å². The SMILES string of the molecule is CCOC(=O)N1CCN(C(=NC)NCc2ccccc2OC(F)F)CC1.I. The number of carbonyl (C=O) groups excluding carboxylic acids is 1. The Bertz CT molecular complexity index is 626. The lowest BCUT2D eigenvalue weighted by Gasteiger charge is -2.35. The highest BCUT2D eigenvalue weighted by Crippen LogP contribution is 2.20. The number of nitrogens with zero attached hydrogens (tertiary/aromatic N) is 3. The third kappa shape index (κ3) is 7.00. The lowest BCUT2D eigenvalue weighted by atomic mass is 10.2. The molecule has 2 rings (SSSR count). The zero-order valence-electron chi connectivity index (χ0n) is 15.4. The van der Waals surface area contributed by atoms with Gasteiger partial charge in [-0.15, -0.1) is 24.0 Å². The van der Waals surface area contributed by atoms with Gasteiger partial charge in [0.2, 0.25) is 0 Å². The largest absolute Gasteiger partial charge is 0.450 e. The second-order valence-corrected chi connectivity index (χ2v) is 5.56. The highest BCUT2D eigenvalue weighted by Gasteiger charge is 2.23. The molecule has 0 aliphatic carbocycles. The van der Waals surface area contributed by atoms with Gasteiger partial charge in [0.1, 0.15) is 5.75 Å². The van der Waals surface area contributed by atoms with Crippen molar-refractivity contribution >= 4 is 36.0 Å². The maximum absolute atomic E-state index is 12.5. The van der Waals surface area contributed by atoms with E-state index in [0.717, 1.165) is 0 Å². The van der Waals surface area contributed by atoms with Crippen molar-refractivity contribution in [2.24, 2.45) is 4.99 Å². The molecule has 0 bridgehead atoms. The van der Waals surface area contributed by atoms with Crippen molar-refractivity contribution in [1.82, 2.24) is 15.1 Å². The molecular formula is C17H25F2IN4O3. The van der Waals surface area contributed by atoms with Gasteiger partial charge in [0.25, 0.3) is 0 Å². The Morgan fingerprint density at radius 2 is 1.85 bits per heavy atom. The quantitative estimate of drug-likeness (QED) is 0.385. The Morgan fingerprint density at radius 3 is 2.44 bits per heavy atom. The number of benzene rings is 1. The Morgan fingerprint density at radius 1 is 1.22 bits per heavy atom. The number of para-hydroxylation sites is 1. The van der Waals surface area contributed by atoms with E-state index in [1.54, 1.807) is 37.1 Å². The molecule has 152 valence electrons. The molecule has 1 N–H and O–H groups in total. The van der Waals surface area contributed by atoms with Crippen LogP contribution in [0.3, 0.4) is 0 Å². The smallest absolute Gasteiger partial charge is 0.409 e. The van der Waals surface area contributed by atoms with Crippen LogP contribution >= 0.6 is 24.0 Å². The van der Waals surface area contributed by atoms with Gasteiger partial charge in [-0.05, 0) is 13.0 Å². The Labute approximate surface area is 174 Å². The number of hydrogen-bond acceptors (Lipinski definition) is 4. The van der Waals surface area contributed by atoms with Gasteiger partial charge in [0.15, 0.2) is 5.96 Å². The van der Waals surface area contributed by atoms with Gasteiger partial charge >= 0.3 is 12.7 Å². The van der Waals surface area contributed by atoms with Gasteiger partial charge in [-0.3, -0.25) is 4.99 Å². The maximum atomic E-state index is 12.5. The van der Waals surface area contributed by atoms with E-state index >= 15 is 0 Å². The van der Waals surface area contributed by atoms with Crippen LogP contribution in [0.25, 0.3) is 0 Å². The molecule has 0 atom stereocenters. The van der Waals surface area contributed by atoms with Crippen molar-refractivity contribution in [3.05, 3.63) is 29.8 Å². The zero-order chi connectivity index (χ0) is 18.9. The molecule has 10 heteroatoms. The van der Waals surface area contributed by atoms with Crippen LogP contribution in [0, 0.1) is 0 Å². The van der Waals surface area contributed by atoms with E-state index in [0.29, 0.717) is 50.9 Å². The fourth-order valence-electron chi connectivity index (χ4n) is 2.68. The van der Waals surface area contributed by atoms with E-state index in [1.165, 1.54) is 6.07 Å². The molecule has 1 aromatic carbocycles. The minimum absolute atomic E-state index is 0. The van der Waals surface area contributed by atoms with E-state index in [1.807, 2.05) is 4.90 Å². The first-order chi connectivity index (χ1) is 12.5. The van der Waals surface area contributed by atoms with Crippen molar-refractivity contribution in [3.63, 3.8) is 0 Å². The topological polar surface area (TPSA) is 66.4 Å². The number of nitrogens with one attached hydrogen (secondary N) is 1. The lowest BCUT2D eigenvalue weighted by molar-refractivity contribution is -0.0504. The summed E-state index contributed by atoms with van der Waals surface area (Å²) >= 11 is 0. The van der Waals surface area contributed by atoms with Crippen LogP contribution in [-0.2, 0) is 11.3 Å². The summed E-state index contributed by atoms with van der Waals surface area (Å²) in [6.07, 6.45) is -0.312. The predicted molar refractivity (Wildman–Crippen MR) is 109 cm³/mol. The third-order valence-corrected chi connectivity index (χ3v) is 3.94. The molecule has 1 fully saturated rings. The third-order valence-electron chi connectivity index (χ3n) is 3.94. The summed E-state index contributed by atoms with van der Waals surface area (Å²) in [5.41, 5.74) is 0.610. The molecular weight excluding hydrogens is 473 g/mol. The number of ether oxygens (including phenoxy) is 2. The van der Waals surface area contributed by atoms with Crippen LogP contribution in [0.1, 0.15) is 12.5 Å². The molecule has 1 saturated heterocycles. The van der Waals surface area contributed by atoms with Crippen molar-refractivity contribution in [1.29, 1.82) is 0 Å². The highest BCUT2D eigenvalue weighted by molar-refractivity contribution is 14.0. The van der Waals surface area contributed by atoms with Crippen LogP contribution in [0.4, 0.5) is 13.6 Å². The molecule has 1 aliphatic rings. The standard InChI is InChI=1S/C17H24F2N4O3.HI/c1-3-25-17(24)23-10-8-22(9-11-23)16(20-2)21-12-13-6-4-5-7-14(13)26-15(18)19;/h4-7,15H,3,8-12H2,1-2H3,(H,20,21);1H. The van der Waals surface area contributed by atoms with Crippen molar-refractivity contribution in [2.45, 2.75) is 20.1 Å². The van der Waals surface area contributed by atoms with Crippen molar-refractivity contribution < 1.29 is 23.0 Å². The lowest BCUT2D eigenvalue weighted by Crippen LogP contribution is -2.53. The minimum Gasteiger partial charge on any atom is -0.450 e. The first-order valence-corrected chi connectivity index (χ1v) is 8.45. The molecule has 27 heavy (non-hydrogen) atoms. The van der Waals surface area contributed by atoms with E-state index in [-0.39, 0.29) is 35.8 Å². The molecule has 0 spiro atoms. The number of alkyl halides is 2. The summed E-state index contributed by atoms with van der Waals surface area (Å²) in [4.78, 5) is 19.6. The van der Waals surface area contributed by atoms with Crippen LogP contribution in [0.5, 0.6) is 5.75 Å². The van der Waals surface area contributed by atoms with E-state index in [9.17, 15) is 13.6 Å². The Balaban J connectivity index is 0.00000364. The van der Waals surface area contributed by atoms with Crippen molar-refractivity contribution in [3.8, 4) is 5.75 Å². The molecule has 0 aromatic heterocycles. The summed E-state index contributed by atoms with van der Waals surface area (Å²) in [5, 5.41) is 3.15. The number of rotatable bonds is 5. The second-order valence-electron chi connectivity index (χ2n) is 5.56. The predicted octanol–water partition coefficient (Wildman–Crippen LogP) is 2.76. The summed E-state index contributed by atoms with van der Waals surface area (Å²) in [5.74, 6) is 0.776. The number of carbonyl (C=O) groups is 1. The highest BCUT2D eigenvalue weighted by atomic mass is 127. The summed E-state index contributed by atoms with van der Waals surface area (Å²) in [6, 6.07) is 6.63.